The van der Waals surface area contributed by atoms with Crippen LogP contribution in [-0.2, 0) is 13.2 Å². The van der Waals surface area contributed by atoms with Crippen molar-refractivity contribution < 1.29 is 9.84 Å². The summed E-state index contributed by atoms with van der Waals surface area (Å²) in [5, 5.41) is 21.4. The molecule has 1 heterocycles. The van der Waals surface area contributed by atoms with Crippen LogP contribution in [0.25, 0.3) is 11.1 Å². The molecule has 0 radical (unpaired) electrons. The van der Waals surface area contributed by atoms with Gasteiger partial charge in [0.15, 0.2) is 5.82 Å². The number of hydrogen-bond donors (Lipinski definition) is 1. The van der Waals surface area contributed by atoms with Crippen LogP contribution < -0.4 is 4.74 Å². The van der Waals surface area contributed by atoms with Crippen molar-refractivity contribution in [1.82, 2.24) is 20.2 Å². The molecule has 1 aromatic heterocycles. The monoisotopic (exact) mass is 362 g/mol. The van der Waals surface area contributed by atoms with Gasteiger partial charge in [0.25, 0.3) is 0 Å². The Kier molecular flexibility index (Phi) is 5.78. The highest BCUT2D eigenvalue weighted by molar-refractivity contribution is 6.02. The van der Waals surface area contributed by atoms with E-state index in [0.717, 1.165) is 33.6 Å². The number of aliphatic hydroxyl groups is 1. The molecule has 6 heteroatoms. The van der Waals surface area contributed by atoms with Gasteiger partial charge in [-0.05, 0) is 51.7 Å². The topological polar surface area (TPSA) is 73.1 Å². The Morgan fingerprint density at radius 2 is 1.78 bits per heavy atom. The molecule has 27 heavy (non-hydrogen) atoms. The molecule has 0 aliphatic rings. The number of aliphatic hydroxyl groups excluding tert-OH is 1. The predicted octanol–water partition coefficient (Wildman–Crippen LogP) is 3.34. The van der Waals surface area contributed by atoms with Gasteiger partial charge in [-0.2, -0.15) is 0 Å². The maximum absolute atomic E-state index is 9.21. The zero-order valence-corrected chi connectivity index (χ0v) is 15.5. The first-order valence-corrected chi connectivity index (χ1v) is 8.61. The first-order chi connectivity index (χ1) is 13.2. The molecule has 3 aromatic rings. The maximum Gasteiger partial charge on any atom is 0.182 e. The summed E-state index contributed by atoms with van der Waals surface area (Å²) in [6.07, 6.45) is 1.96. The van der Waals surface area contributed by atoms with Gasteiger partial charge in [0.2, 0.25) is 0 Å². The number of benzene rings is 2. The molecule has 0 unspecified atom stereocenters. The first-order valence-electron chi connectivity index (χ1n) is 8.61. The lowest BCUT2D eigenvalue weighted by Gasteiger charge is -2.12. The fourth-order valence-corrected chi connectivity index (χ4v) is 2.81. The van der Waals surface area contributed by atoms with Gasteiger partial charge in [0, 0.05) is 5.57 Å². The lowest BCUT2D eigenvalue weighted by Crippen LogP contribution is -2.07. The minimum Gasteiger partial charge on any atom is -0.497 e. The van der Waals surface area contributed by atoms with Crippen LogP contribution in [0.5, 0.6) is 5.75 Å². The van der Waals surface area contributed by atoms with Crippen molar-refractivity contribution in [2.75, 3.05) is 7.11 Å². The van der Waals surface area contributed by atoms with Crippen molar-refractivity contribution in [2.45, 2.75) is 20.1 Å². The molecule has 3 rings (SSSR count). The second-order valence-corrected chi connectivity index (χ2v) is 6.04. The van der Waals surface area contributed by atoms with E-state index in [0.29, 0.717) is 12.4 Å². The highest BCUT2D eigenvalue weighted by Crippen LogP contribution is 2.28. The number of methoxy groups -OCH3 is 1. The van der Waals surface area contributed by atoms with Crippen LogP contribution in [0.15, 0.2) is 61.2 Å². The van der Waals surface area contributed by atoms with Crippen molar-refractivity contribution in [2.24, 2.45) is 0 Å². The summed E-state index contributed by atoms with van der Waals surface area (Å²) in [5.41, 5.74) is 4.58. The summed E-state index contributed by atoms with van der Waals surface area (Å²) in [5.74, 6) is 1.47. The van der Waals surface area contributed by atoms with E-state index in [1.165, 1.54) is 0 Å². The quantitative estimate of drug-likeness (QED) is 0.653. The Morgan fingerprint density at radius 1 is 1.11 bits per heavy atom. The first kappa shape index (κ1) is 18.5. The zero-order valence-electron chi connectivity index (χ0n) is 15.5. The Hall–Kier alpha value is -3.25. The normalized spacial score (nSPS) is 11.4. The molecule has 138 valence electrons. The summed E-state index contributed by atoms with van der Waals surface area (Å²) >= 11 is 0. The molecule has 0 atom stereocenters. The van der Waals surface area contributed by atoms with E-state index in [1.54, 1.807) is 11.8 Å². The van der Waals surface area contributed by atoms with E-state index < -0.39 is 0 Å². The lowest BCUT2D eigenvalue weighted by atomic mass is 9.97. The molecule has 6 nitrogen and oxygen atoms in total. The van der Waals surface area contributed by atoms with Crippen LogP contribution in [0, 0.1) is 0 Å². The van der Waals surface area contributed by atoms with Crippen LogP contribution in [-0.4, -0.2) is 32.4 Å². The number of aromatic nitrogens is 4. The molecule has 0 saturated carbocycles. The molecule has 0 bridgehead atoms. The van der Waals surface area contributed by atoms with Gasteiger partial charge >= 0.3 is 0 Å². The van der Waals surface area contributed by atoms with Crippen LogP contribution in [0.2, 0.25) is 0 Å². The molecule has 2 aromatic carbocycles. The second kappa shape index (κ2) is 8.42. The summed E-state index contributed by atoms with van der Waals surface area (Å²) in [6, 6.07) is 15.4. The van der Waals surface area contributed by atoms with Crippen LogP contribution in [0.3, 0.4) is 0 Å². The average Bonchev–Trinajstić information content (AvgIpc) is 3.17. The third-order valence-corrected chi connectivity index (χ3v) is 4.36. The van der Waals surface area contributed by atoms with Crippen molar-refractivity contribution in [3.8, 4) is 5.75 Å². The number of rotatable bonds is 7. The second-order valence-electron chi connectivity index (χ2n) is 6.04. The Morgan fingerprint density at radius 3 is 2.37 bits per heavy atom. The number of ether oxygens (including phenoxy) is 1. The van der Waals surface area contributed by atoms with Gasteiger partial charge in [-0.15, -0.1) is 5.10 Å². The van der Waals surface area contributed by atoms with Crippen LogP contribution >= 0.6 is 0 Å². The van der Waals surface area contributed by atoms with Crippen molar-refractivity contribution in [1.29, 1.82) is 0 Å². The Labute approximate surface area is 158 Å². The third-order valence-electron chi connectivity index (χ3n) is 4.36. The average molecular weight is 362 g/mol. The highest BCUT2D eigenvalue weighted by Gasteiger charge is 2.15. The summed E-state index contributed by atoms with van der Waals surface area (Å²) in [6.45, 7) is 6.72. The standard InChI is InChI=1S/C21H22N4O2/c1-4-20(15(2)18-9-5-17(14-26)6-10-18)21-22-23-24-25(21)13-16-7-11-19(27-3)12-8-16/h4-12,26H,2,13-14H2,1,3H3/b20-4+. The molecular formula is C21H22N4O2. The summed E-state index contributed by atoms with van der Waals surface area (Å²) in [7, 11) is 1.64. The van der Waals surface area contributed by atoms with Crippen LogP contribution in [0.4, 0.5) is 0 Å². The third kappa shape index (κ3) is 4.12. The summed E-state index contributed by atoms with van der Waals surface area (Å²) in [4.78, 5) is 0. The Bertz CT molecular complexity index is 941. The smallest absolute Gasteiger partial charge is 0.182 e. The highest BCUT2D eigenvalue weighted by atomic mass is 16.5. The fourth-order valence-electron chi connectivity index (χ4n) is 2.81. The van der Waals surface area contributed by atoms with Crippen molar-refractivity contribution in [3.05, 3.63) is 83.7 Å². The summed E-state index contributed by atoms with van der Waals surface area (Å²) < 4.78 is 6.95. The fraction of sp³-hybridized carbons (Fsp3) is 0.190. The van der Waals surface area contributed by atoms with Crippen molar-refractivity contribution in [3.63, 3.8) is 0 Å². The predicted molar refractivity (Wildman–Crippen MR) is 105 cm³/mol. The van der Waals surface area contributed by atoms with E-state index in [4.69, 9.17) is 4.74 Å². The molecule has 0 spiro atoms. The maximum atomic E-state index is 9.21. The largest absolute Gasteiger partial charge is 0.497 e. The molecule has 0 aliphatic carbocycles. The molecule has 0 fully saturated rings. The zero-order chi connectivity index (χ0) is 19.2. The van der Waals surface area contributed by atoms with Crippen LogP contribution in [0.1, 0.15) is 29.4 Å². The SMILES string of the molecule is C=C(/C(=C\C)c1nnnn1Cc1ccc(OC)cc1)c1ccc(CO)cc1. The van der Waals surface area contributed by atoms with E-state index in [9.17, 15) is 5.11 Å². The molecule has 0 amide bonds. The molecule has 1 N–H and O–H groups in total. The van der Waals surface area contributed by atoms with Gasteiger partial charge in [-0.25, -0.2) is 4.68 Å². The lowest BCUT2D eigenvalue weighted by molar-refractivity contribution is 0.282. The number of hydrogen-bond acceptors (Lipinski definition) is 5. The molecule has 0 aliphatic heterocycles. The minimum atomic E-state index is 0.0172. The number of tetrazole rings is 1. The van der Waals surface area contributed by atoms with E-state index in [1.807, 2.05) is 61.5 Å². The number of nitrogens with zero attached hydrogens (tertiary/aromatic N) is 4. The minimum absolute atomic E-state index is 0.0172. The van der Waals surface area contributed by atoms with Gasteiger partial charge < -0.3 is 9.84 Å². The van der Waals surface area contributed by atoms with E-state index >= 15 is 0 Å². The van der Waals surface area contributed by atoms with Gasteiger partial charge in [0.1, 0.15) is 5.75 Å². The molecular weight excluding hydrogens is 340 g/mol. The van der Waals surface area contributed by atoms with Gasteiger partial charge in [-0.3, -0.25) is 0 Å². The Balaban J connectivity index is 1.85. The van der Waals surface area contributed by atoms with Gasteiger partial charge in [0.05, 0.1) is 20.3 Å². The van der Waals surface area contributed by atoms with E-state index in [-0.39, 0.29) is 6.61 Å². The number of allylic oxidation sites excluding steroid dienone is 3. The molecule has 0 saturated heterocycles. The van der Waals surface area contributed by atoms with Gasteiger partial charge in [-0.1, -0.05) is 49.1 Å². The van der Waals surface area contributed by atoms with E-state index in [2.05, 4.69) is 22.1 Å². The van der Waals surface area contributed by atoms with Crippen molar-refractivity contribution >= 4 is 11.1 Å².